The first-order chi connectivity index (χ1) is 10.3. The summed E-state index contributed by atoms with van der Waals surface area (Å²) in [5.41, 5.74) is 0. The topological polar surface area (TPSA) is 94.7 Å². The molecule has 0 aromatic carbocycles. The summed E-state index contributed by atoms with van der Waals surface area (Å²) in [6.07, 6.45) is 2.45. The molecule has 0 saturated carbocycles. The molecule has 0 amide bonds. The van der Waals surface area contributed by atoms with E-state index in [1.165, 1.54) is 0 Å². The summed E-state index contributed by atoms with van der Waals surface area (Å²) in [6, 6.07) is 0. The Balaban J connectivity index is 2.95. The van der Waals surface area contributed by atoms with E-state index >= 15 is 0 Å². The van der Waals surface area contributed by atoms with Crippen LogP contribution in [0.5, 0.6) is 0 Å². The predicted octanol–water partition coefficient (Wildman–Crippen LogP) is -0.754. The molecule has 0 atom stereocenters. The zero-order chi connectivity index (χ0) is 15.6. The molecule has 0 saturated heterocycles. The monoisotopic (exact) mass is 304 g/mol. The van der Waals surface area contributed by atoms with E-state index in [-0.39, 0.29) is 6.42 Å². The van der Waals surface area contributed by atoms with Crippen molar-refractivity contribution in [1.29, 1.82) is 0 Å². The fourth-order valence-electron chi connectivity index (χ4n) is 1.72. The number of methoxy groups -OCH3 is 1. The molecule has 0 aromatic rings. The lowest BCUT2D eigenvalue weighted by molar-refractivity contribution is -0.136. The lowest BCUT2D eigenvalue weighted by Crippen LogP contribution is -2.35. The minimum Gasteiger partial charge on any atom is -0.481 e. The van der Waals surface area contributed by atoms with Gasteiger partial charge in [-0.3, -0.25) is 4.79 Å². The van der Waals surface area contributed by atoms with Crippen molar-refractivity contribution in [2.45, 2.75) is 19.3 Å². The van der Waals surface area contributed by atoms with Crippen LogP contribution in [-0.4, -0.2) is 77.2 Å². The number of hydrogen-bond acceptors (Lipinski definition) is 6. The first kappa shape index (κ1) is 20.3. The molecule has 0 heterocycles. The fraction of sp³-hybridized carbons (Fsp3) is 0.929. The zero-order valence-corrected chi connectivity index (χ0v) is 13.2. The molecule has 0 radical (unpaired) electrons. The number of carbonyl (C=O) groups is 1. The van der Waals surface area contributed by atoms with E-state index < -0.39 is 5.97 Å². The van der Waals surface area contributed by atoms with Gasteiger partial charge in [-0.05, 0) is 19.4 Å². The van der Waals surface area contributed by atoms with Gasteiger partial charge < -0.3 is 31.1 Å². The Hall–Kier alpha value is -0.730. The molecule has 5 N–H and O–H groups in total. The Morgan fingerprint density at radius 2 is 1.29 bits per heavy atom. The molecule has 7 heteroatoms. The van der Waals surface area contributed by atoms with E-state index in [1.807, 2.05) is 0 Å². The second kappa shape index (κ2) is 17.3. The van der Waals surface area contributed by atoms with Gasteiger partial charge in [0.1, 0.15) is 0 Å². The van der Waals surface area contributed by atoms with Gasteiger partial charge in [-0.25, -0.2) is 0 Å². The van der Waals surface area contributed by atoms with Crippen LogP contribution in [0.25, 0.3) is 0 Å². The smallest absolute Gasteiger partial charge is 0.304 e. The number of carboxylic acid groups (broad SMARTS) is 1. The van der Waals surface area contributed by atoms with Crippen molar-refractivity contribution >= 4 is 5.97 Å². The Kier molecular flexibility index (Phi) is 16.7. The molecule has 0 aliphatic carbocycles. The highest BCUT2D eigenvalue weighted by Gasteiger charge is 1.94. The minimum atomic E-state index is -0.757. The molecule has 0 aliphatic heterocycles. The van der Waals surface area contributed by atoms with Crippen LogP contribution in [0.3, 0.4) is 0 Å². The van der Waals surface area contributed by atoms with Crippen molar-refractivity contribution in [3.63, 3.8) is 0 Å². The van der Waals surface area contributed by atoms with E-state index in [4.69, 9.17) is 9.84 Å². The average Bonchev–Trinajstić information content (AvgIpc) is 2.46. The van der Waals surface area contributed by atoms with Crippen molar-refractivity contribution in [3.05, 3.63) is 0 Å². The van der Waals surface area contributed by atoms with E-state index in [1.54, 1.807) is 7.11 Å². The van der Waals surface area contributed by atoms with E-state index in [0.717, 1.165) is 65.3 Å². The van der Waals surface area contributed by atoms with Crippen molar-refractivity contribution < 1.29 is 14.6 Å². The van der Waals surface area contributed by atoms with E-state index in [2.05, 4.69) is 21.3 Å². The number of aliphatic carboxylic acids is 1. The average molecular weight is 304 g/mol. The second-order valence-electron chi connectivity index (χ2n) is 4.84. The third-order valence-corrected chi connectivity index (χ3v) is 2.90. The van der Waals surface area contributed by atoms with Crippen LogP contribution >= 0.6 is 0 Å². The molecular weight excluding hydrogens is 272 g/mol. The normalized spacial score (nSPS) is 10.9. The highest BCUT2D eigenvalue weighted by molar-refractivity contribution is 5.66. The molecule has 0 unspecified atom stereocenters. The standard InChI is InChI=1S/C14H32N4O3/c1-21-13-3-2-5-15-7-9-17-11-12-18-10-8-16-6-4-14(19)20/h15-18H,2-13H2,1H3,(H,19,20). The van der Waals surface area contributed by atoms with Gasteiger partial charge in [0, 0.05) is 59.5 Å². The number of carboxylic acids is 1. The molecule has 0 bridgehead atoms. The number of rotatable bonds is 17. The zero-order valence-electron chi connectivity index (χ0n) is 13.2. The number of hydrogen-bond donors (Lipinski definition) is 5. The van der Waals surface area contributed by atoms with E-state index in [0.29, 0.717) is 6.54 Å². The maximum Gasteiger partial charge on any atom is 0.304 e. The lowest BCUT2D eigenvalue weighted by atomic mass is 10.3. The first-order valence-electron chi connectivity index (χ1n) is 7.81. The molecule has 0 aliphatic rings. The summed E-state index contributed by atoms with van der Waals surface area (Å²) in [7, 11) is 1.73. The highest BCUT2D eigenvalue weighted by Crippen LogP contribution is 1.85. The molecule has 0 spiro atoms. The Bertz CT molecular complexity index is 230. The third-order valence-electron chi connectivity index (χ3n) is 2.90. The van der Waals surface area contributed by atoms with E-state index in [9.17, 15) is 4.79 Å². The highest BCUT2D eigenvalue weighted by atomic mass is 16.5. The first-order valence-corrected chi connectivity index (χ1v) is 7.81. The van der Waals surface area contributed by atoms with Crippen LogP contribution in [0.1, 0.15) is 19.3 Å². The van der Waals surface area contributed by atoms with Gasteiger partial charge in [0.05, 0.1) is 6.42 Å². The summed E-state index contributed by atoms with van der Waals surface area (Å²) >= 11 is 0. The van der Waals surface area contributed by atoms with Crippen molar-refractivity contribution in [2.75, 3.05) is 66.1 Å². The summed E-state index contributed by atoms with van der Waals surface area (Å²) in [6.45, 7) is 7.92. The van der Waals surface area contributed by atoms with Crippen molar-refractivity contribution in [3.8, 4) is 0 Å². The second-order valence-corrected chi connectivity index (χ2v) is 4.84. The number of ether oxygens (including phenoxy) is 1. The van der Waals surface area contributed by atoms with Gasteiger partial charge in [-0.15, -0.1) is 0 Å². The minimum absolute atomic E-state index is 0.181. The quantitative estimate of drug-likeness (QED) is 0.226. The van der Waals surface area contributed by atoms with Crippen LogP contribution < -0.4 is 21.3 Å². The predicted molar refractivity (Wildman–Crippen MR) is 84.8 cm³/mol. The van der Waals surface area contributed by atoms with Crippen LogP contribution in [0, 0.1) is 0 Å². The molecule has 126 valence electrons. The van der Waals surface area contributed by atoms with Crippen LogP contribution in [0.2, 0.25) is 0 Å². The Labute approximate surface area is 128 Å². The van der Waals surface area contributed by atoms with Gasteiger partial charge in [0.2, 0.25) is 0 Å². The molecular formula is C14H32N4O3. The van der Waals surface area contributed by atoms with Gasteiger partial charge >= 0.3 is 5.97 Å². The fourth-order valence-corrected chi connectivity index (χ4v) is 1.72. The van der Waals surface area contributed by atoms with Crippen molar-refractivity contribution in [2.24, 2.45) is 0 Å². The maximum atomic E-state index is 10.3. The molecule has 0 aromatic heterocycles. The Morgan fingerprint density at radius 3 is 1.76 bits per heavy atom. The lowest BCUT2D eigenvalue weighted by Gasteiger charge is -2.08. The summed E-state index contributed by atoms with van der Waals surface area (Å²) in [5.74, 6) is -0.757. The Morgan fingerprint density at radius 1 is 0.810 bits per heavy atom. The summed E-state index contributed by atoms with van der Waals surface area (Å²) in [5, 5.41) is 21.6. The molecule has 7 nitrogen and oxygen atoms in total. The molecule has 0 fully saturated rings. The molecule has 0 rings (SSSR count). The summed E-state index contributed by atoms with van der Waals surface area (Å²) in [4.78, 5) is 10.3. The summed E-state index contributed by atoms with van der Waals surface area (Å²) < 4.78 is 4.99. The number of unbranched alkanes of at least 4 members (excludes halogenated alkanes) is 1. The van der Waals surface area contributed by atoms with Gasteiger partial charge in [-0.2, -0.15) is 0 Å². The van der Waals surface area contributed by atoms with Crippen LogP contribution in [-0.2, 0) is 9.53 Å². The SMILES string of the molecule is COCCCCNCCNCCNCCNCCC(=O)O. The number of nitrogens with one attached hydrogen (secondary N) is 4. The maximum absolute atomic E-state index is 10.3. The van der Waals surface area contributed by atoms with Crippen LogP contribution in [0.4, 0.5) is 0 Å². The van der Waals surface area contributed by atoms with Gasteiger partial charge in [0.15, 0.2) is 0 Å². The van der Waals surface area contributed by atoms with Gasteiger partial charge in [-0.1, -0.05) is 0 Å². The van der Waals surface area contributed by atoms with Crippen molar-refractivity contribution in [1.82, 2.24) is 21.3 Å². The van der Waals surface area contributed by atoms with Gasteiger partial charge in [0.25, 0.3) is 0 Å². The third kappa shape index (κ3) is 19.3. The van der Waals surface area contributed by atoms with Crippen LogP contribution in [0.15, 0.2) is 0 Å². The largest absolute Gasteiger partial charge is 0.481 e. The molecule has 21 heavy (non-hydrogen) atoms.